The van der Waals surface area contributed by atoms with Gasteiger partial charge in [-0.25, -0.2) is 12.8 Å². The molecule has 164 valence electrons. The number of nitrogens with one attached hydrogen (secondary N) is 1. The minimum Gasteiger partial charge on any atom is -0.347 e. The molecule has 0 aliphatic carbocycles. The summed E-state index contributed by atoms with van der Waals surface area (Å²) in [6.07, 6.45) is 0.530. The lowest BCUT2D eigenvalue weighted by Gasteiger charge is -2.15. The first-order valence-electron chi connectivity index (χ1n) is 10.1. The van der Waals surface area contributed by atoms with Crippen LogP contribution in [0.4, 0.5) is 4.39 Å². The number of pyridine rings is 1. The van der Waals surface area contributed by atoms with Gasteiger partial charge in [0.1, 0.15) is 16.8 Å². The quantitative estimate of drug-likeness (QED) is 0.656. The largest absolute Gasteiger partial charge is 0.347 e. The number of aromatic nitrogens is 2. The number of halogens is 1. The Morgan fingerprint density at radius 2 is 2.03 bits per heavy atom. The summed E-state index contributed by atoms with van der Waals surface area (Å²) in [6.45, 7) is 3.59. The second-order valence-corrected chi connectivity index (χ2v) is 9.93. The van der Waals surface area contributed by atoms with Crippen molar-refractivity contribution in [1.29, 1.82) is 0 Å². The van der Waals surface area contributed by atoms with Crippen molar-refractivity contribution in [2.24, 2.45) is 13.0 Å². The molecule has 0 unspecified atom stereocenters. The van der Waals surface area contributed by atoms with Gasteiger partial charge in [-0.3, -0.25) is 9.78 Å². The molecule has 9 heteroatoms. The molecular formula is C22H25FN4O3S. The van der Waals surface area contributed by atoms with Gasteiger partial charge in [-0.1, -0.05) is 25.1 Å². The van der Waals surface area contributed by atoms with Crippen LogP contribution < -0.4 is 5.32 Å². The molecule has 1 aliphatic rings. The molecule has 3 heterocycles. The minimum atomic E-state index is -3.88. The summed E-state index contributed by atoms with van der Waals surface area (Å²) in [6, 6.07) is 10.9. The van der Waals surface area contributed by atoms with Crippen molar-refractivity contribution in [2.45, 2.75) is 31.5 Å². The van der Waals surface area contributed by atoms with Crippen molar-refractivity contribution >= 4 is 26.8 Å². The number of alkyl halides is 1. The maximum Gasteiger partial charge on any atom is 0.268 e. The van der Waals surface area contributed by atoms with Gasteiger partial charge in [-0.05, 0) is 30.7 Å². The summed E-state index contributed by atoms with van der Waals surface area (Å²) in [5.74, 6) is -0.733. The third-order valence-electron chi connectivity index (χ3n) is 6.00. The average Bonchev–Trinajstić information content (AvgIpc) is 3.26. The lowest BCUT2D eigenvalue weighted by Crippen LogP contribution is -2.29. The highest BCUT2D eigenvalue weighted by Gasteiger charge is 2.39. The summed E-state index contributed by atoms with van der Waals surface area (Å²) in [4.78, 5) is 17.2. The van der Waals surface area contributed by atoms with E-state index in [1.165, 1.54) is 6.07 Å². The van der Waals surface area contributed by atoms with Crippen LogP contribution in [0, 0.1) is 12.8 Å². The van der Waals surface area contributed by atoms with Gasteiger partial charge >= 0.3 is 0 Å². The molecule has 1 fully saturated rings. The topological polar surface area (TPSA) is 84.3 Å². The molecule has 1 saturated heterocycles. The Bertz CT molecular complexity index is 1240. The van der Waals surface area contributed by atoms with Gasteiger partial charge in [0.2, 0.25) is 10.0 Å². The molecule has 2 atom stereocenters. The fourth-order valence-electron chi connectivity index (χ4n) is 3.96. The Morgan fingerprint density at radius 3 is 2.74 bits per heavy atom. The van der Waals surface area contributed by atoms with E-state index >= 15 is 0 Å². The highest BCUT2D eigenvalue weighted by atomic mass is 32.2. The van der Waals surface area contributed by atoms with Gasteiger partial charge in [-0.15, -0.1) is 0 Å². The van der Waals surface area contributed by atoms with E-state index in [1.54, 1.807) is 31.7 Å². The number of rotatable bonds is 5. The van der Waals surface area contributed by atoms with Crippen molar-refractivity contribution < 1.29 is 17.6 Å². The molecule has 0 radical (unpaired) electrons. The van der Waals surface area contributed by atoms with Crippen LogP contribution in [-0.4, -0.2) is 47.4 Å². The highest BCUT2D eigenvalue weighted by molar-refractivity contribution is 7.89. The third-order valence-corrected chi connectivity index (χ3v) is 7.95. The van der Waals surface area contributed by atoms with Crippen LogP contribution in [0.3, 0.4) is 0 Å². The number of carbonyl (C=O) groups is 1. The van der Waals surface area contributed by atoms with Gasteiger partial charge < -0.3 is 9.88 Å². The van der Waals surface area contributed by atoms with Crippen LogP contribution in [0.2, 0.25) is 0 Å². The Morgan fingerprint density at radius 1 is 1.26 bits per heavy atom. The van der Waals surface area contributed by atoms with Crippen molar-refractivity contribution in [3.8, 4) is 0 Å². The SMILES string of the molecule is Cc1c(S(=O)(=O)N2C[C@@H](C)[C@@H](F)C2)cc(C(=O)NCc2cccc3ncccc23)n1C. The number of benzene rings is 1. The smallest absolute Gasteiger partial charge is 0.268 e. The van der Waals surface area contributed by atoms with E-state index in [4.69, 9.17) is 0 Å². The van der Waals surface area contributed by atoms with Gasteiger partial charge in [0, 0.05) is 49.9 Å². The third kappa shape index (κ3) is 3.83. The van der Waals surface area contributed by atoms with Crippen molar-refractivity contribution in [3.05, 3.63) is 59.5 Å². The lowest BCUT2D eigenvalue weighted by atomic mass is 10.1. The first-order valence-corrected chi connectivity index (χ1v) is 11.6. The van der Waals surface area contributed by atoms with E-state index in [9.17, 15) is 17.6 Å². The molecule has 3 aromatic rings. The molecule has 2 aromatic heterocycles. The molecule has 0 bridgehead atoms. The highest BCUT2D eigenvalue weighted by Crippen LogP contribution is 2.29. The Kier molecular flexibility index (Phi) is 5.57. The predicted octanol–water partition coefficient (Wildman–Crippen LogP) is 2.79. The van der Waals surface area contributed by atoms with E-state index in [1.807, 2.05) is 30.3 Å². The summed E-state index contributed by atoms with van der Waals surface area (Å²) in [5.41, 5.74) is 2.43. The first-order chi connectivity index (χ1) is 14.7. The molecule has 1 amide bonds. The van der Waals surface area contributed by atoms with E-state index in [0.29, 0.717) is 5.69 Å². The zero-order chi connectivity index (χ0) is 22.3. The van der Waals surface area contributed by atoms with Crippen molar-refractivity contribution in [1.82, 2.24) is 19.2 Å². The minimum absolute atomic E-state index is 0.0378. The summed E-state index contributed by atoms with van der Waals surface area (Å²) >= 11 is 0. The summed E-state index contributed by atoms with van der Waals surface area (Å²) in [5, 5.41) is 3.81. The van der Waals surface area contributed by atoms with E-state index in [2.05, 4.69) is 10.3 Å². The first kappa shape index (κ1) is 21.5. The van der Waals surface area contributed by atoms with Crippen molar-refractivity contribution in [2.75, 3.05) is 13.1 Å². The van der Waals surface area contributed by atoms with Gasteiger partial charge in [0.15, 0.2) is 0 Å². The second kappa shape index (κ2) is 8.05. The van der Waals surface area contributed by atoms with Crippen LogP contribution in [0.15, 0.2) is 47.5 Å². The van der Waals surface area contributed by atoms with E-state index in [-0.39, 0.29) is 42.0 Å². The summed E-state index contributed by atoms with van der Waals surface area (Å²) < 4.78 is 42.8. The second-order valence-electron chi connectivity index (χ2n) is 8.02. The van der Waals surface area contributed by atoms with Crippen LogP contribution in [0.5, 0.6) is 0 Å². The van der Waals surface area contributed by atoms with Gasteiger partial charge in [0.25, 0.3) is 5.91 Å². The Balaban J connectivity index is 1.57. The number of amides is 1. The van der Waals surface area contributed by atoms with Gasteiger partial charge in [-0.2, -0.15) is 4.31 Å². The van der Waals surface area contributed by atoms with Crippen LogP contribution in [-0.2, 0) is 23.6 Å². The lowest BCUT2D eigenvalue weighted by molar-refractivity contribution is 0.0942. The zero-order valence-electron chi connectivity index (χ0n) is 17.7. The zero-order valence-corrected chi connectivity index (χ0v) is 18.5. The summed E-state index contributed by atoms with van der Waals surface area (Å²) in [7, 11) is -2.23. The Hall–Kier alpha value is -2.78. The molecule has 4 rings (SSSR count). The molecule has 31 heavy (non-hydrogen) atoms. The average molecular weight is 445 g/mol. The van der Waals surface area contributed by atoms with Crippen LogP contribution in [0.1, 0.15) is 28.7 Å². The number of sulfonamides is 1. The molecular weight excluding hydrogens is 419 g/mol. The molecule has 1 aliphatic heterocycles. The number of hydrogen-bond donors (Lipinski definition) is 1. The van der Waals surface area contributed by atoms with Gasteiger partial charge in [0.05, 0.1) is 5.52 Å². The molecule has 7 nitrogen and oxygen atoms in total. The standard InChI is InChI=1S/C22H25FN4O3S/c1-14-12-27(13-18(14)23)31(29,30)21-10-20(26(3)15(21)2)22(28)25-11-16-6-4-8-19-17(16)7-5-9-24-19/h4-10,14,18H,11-13H2,1-3H3,(H,25,28)/t14-,18+/m1/s1. The molecule has 0 spiro atoms. The monoisotopic (exact) mass is 444 g/mol. The number of nitrogens with zero attached hydrogens (tertiary/aromatic N) is 3. The number of fused-ring (bicyclic) bond motifs is 1. The van der Waals surface area contributed by atoms with Crippen LogP contribution in [0.25, 0.3) is 10.9 Å². The maximum atomic E-state index is 13.9. The normalized spacial score (nSPS) is 19.7. The maximum absolute atomic E-state index is 13.9. The van der Waals surface area contributed by atoms with E-state index < -0.39 is 16.2 Å². The number of carbonyl (C=O) groups excluding carboxylic acids is 1. The van der Waals surface area contributed by atoms with Crippen molar-refractivity contribution in [3.63, 3.8) is 0 Å². The number of hydrogen-bond acceptors (Lipinski definition) is 4. The van der Waals surface area contributed by atoms with Crippen LogP contribution >= 0.6 is 0 Å². The fraction of sp³-hybridized carbons (Fsp3) is 0.364. The molecule has 0 saturated carbocycles. The molecule has 1 N–H and O–H groups in total. The predicted molar refractivity (Wildman–Crippen MR) is 116 cm³/mol. The van der Waals surface area contributed by atoms with E-state index in [0.717, 1.165) is 20.8 Å². The molecule has 1 aromatic carbocycles. The Labute approximate surface area is 180 Å². The fourth-order valence-corrected chi connectivity index (χ4v) is 5.78.